The fourth-order valence-corrected chi connectivity index (χ4v) is 2.63. The highest BCUT2D eigenvalue weighted by Crippen LogP contribution is 2.37. The summed E-state index contributed by atoms with van der Waals surface area (Å²) in [7, 11) is 1.93. The van der Waals surface area contributed by atoms with E-state index in [1.807, 2.05) is 42.3 Å². The Hall–Kier alpha value is -1.96. The van der Waals surface area contributed by atoms with Gasteiger partial charge < -0.3 is 20.2 Å². The normalized spacial score (nSPS) is 21.0. The summed E-state index contributed by atoms with van der Waals surface area (Å²) in [6, 6.07) is 9.17. The molecule has 0 aromatic heterocycles. The summed E-state index contributed by atoms with van der Waals surface area (Å²) in [5.74, 6) is 0. The number of nitrogens with zero attached hydrogens (tertiary/aromatic N) is 2. The summed E-state index contributed by atoms with van der Waals surface area (Å²) < 4.78 is 38.2. The van der Waals surface area contributed by atoms with E-state index in [0.29, 0.717) is 19.5 Å². The number of carbonyl (C=O) groups excluding carboxylic acids is 1. The molecule has 1 fully saturated rings. The Balaban J connectivity index is 1.71. The molecule has 1 aromatic carbocycles. The monoisotopic (exact) mass is 345 g/mol. The molecular weight excluding hydrogens is 323 g/mol. The third-order valence-electron chi connectivity index (χ3n) is 4.21. The van der Waals surface area contributed by atoms with Gasteiger partial charge in [-0.25, -0.2) is 4.79 Å². The van der Waals surface area contributed by atoms with Crippen molar-refractivity contribution >= 4 is 11.7 Å². The summed E-state index contributed by atoms with van der Waals surface area (Å²) in [5, 5.41) is 12.2. The molecular formula is C16H22F3N3O2. The van der Waals surface area contributed by atoms with Crippen LogP contribution in [0.3, 0.4) is 0 Å². The predicted octanol–water partition coefficient (Wildman–Crippen LogP) is 2.22. The number of likely N-dealkylation sites (tertiary alicyclic amines) is 1. The van der Waals surface area contributed by atoms with Crippen molar-refractivity contribution < 1.29 is 23.1 Å². The van der Waals surface area contributed by atoms with Crippen LogP contribution in [0.15, 0.2) is 30.3 Å². The molecule has 1 heterocycles. The van der Waals surface area contributed by atoms with Crippen LogP contribution >= 0.6 is 0 Å². The maximum absolute atomic E-state index is 12.7. The van der Waals surface area contributed by atoms with Gasteiger partial charge in [-0.05, 0) is 18.6 Å². The highest BCUT2D eigenvalue weighted by molar-refractivity contribution is 5.74. The Morgan fingerprint density at radius 3 is 2.62 bits per heavy atom. The van der Waals surface area contributed by atoms with Crippen molar-refractivity contribution in [1.29, 1.82) is 0 Å². The van der Waals surface area contributed by atoms with Gasteiger partial charge in [0.25, 0.3) is 0 Å². The molecule has 0 unspecified atom stereocenters. The average molecular weight is 345 g/mol. The molecule has 2 rings (SSSR count). The first-order chi connectivity index (χ1) is 11.2. The summed E-state index contributed by atoms with van der Waals surface area (Å²) >= 11 is 0. The van der Waals surface area contributed by atoms with Crippen molar-refractivity contribution in [3.05, 3.63) is 30.3 Å². The molecule has 2 N–H and O–H groups in total. The number of amides is 2. The number of urea groups is 1. The van der Waals surface area contributed by atoms with E-state index in [0.717, 1.165) is 10.6 Å². The van der Waals surface area contributed by atoms with Crippen molar-refractivity contribution in [3.63, 3.8) is 0 Å². The van der Waals surface area contributed by atoms with E-state index >= 15 is 0 Å². The molecule has 134 valence electrons. The Labute approximate surface area is 139 Å². The quantitative estimate of drug-likeness (QED) is 0.805. The molecule has 8 heteroatoms. The molecule has 0 aliphatic carbocycles. The molecule has 24 heavy (non-hydrogen) atoms. The van der Waals surface area contributed by atoms with Crippen LogP contribution in [0.2, 0.25) is 0 Å². The van der Waals surface area contributed by atoms with Crippen molar-refractivity contribution in [2.75, 3.05) is 38.1 Å². The number of nitrogens with one attached hydrogen (secondary N) is 1. The second-order valence-electron chi connectivity index (χ2n) is 6.04. The smallest absolute Gasteiger partial charge is 0.379 e. The van der Waals surface area contributed by atoms with Gasteiger partial charge in [-0.1, -0.05) is 18.2 Å². The van der Waals surface area contributed by atoms with Crippen LogP contribution in [0.5, 0.6) is 0 Å². The molecule has 1 aromatic rings. The molecule has 0 saturated carbocycles. The Morgan fingerprint density at radius 2 is 2.04 bits per heavy atom. The van der Waals surface area contributed by atoms with Gasteiger partial charge in [0.1, 0.15) is 0 Å². The minimum absolute atomic E-state index is 0.105. The first-order valence-corrected chi connectivity index (χ1v) is 7.81. The standard InChI is InChI=1S/C16H22F3N3O2/c1-21(13-6-3-2-4-7-13)10-5-9-20-14(23)22-11-8-15(24,12-22)16(17,18)19/h2-4,6-7,24H,5,8-12H2,1H3,(H,20,23)/t15-/m0/s1. The lowest BCUT2D eigenvalue weighted by Crippen LogP contribution is -2.49. The largest absolute Gasteiger partial charge is 0.419 e. The summed E-state index contributed by atoms with van der Waals surface area (Å²) in [6.45, 7) is 0.242. The minimum atomic E-state index is -4.72. The van der Waals surface area contributed by atoms with Gasteiger partial charge in [0, 0.05) is 38.8 Å². The van der Waals surface area contributed by atoms with E-state index in [1.165, 1.54) is 0 Å². The highest BCUT2D eigenvalue weighted by Gasteiger charge is 2.57. The fourth-order valence-electron chi connectivity index (χ4n) is 2.63. The van der Waals surface area contributed by atoms with Gasteiger partial charge in [0.15, 0.2) is 5.60 Å². The van der Waals surface area contributed by atoms with Crippen LogP contribution in [0.25, 0.3) is 0 Å². The van der Waals surface area contributed by atoms with Crippen LogP contribution in [-0.4, -0.2) is 61.0 Å². The molecule has 1 atom stereocenters. The number of alkyl halides is 3. The van der Waals surface area contributed by atoms with E-state index in [2.05, 4.69) is 5.32 Å². The molecule has 0 bridgehead atoms. The van der Waals surface area contributed by atoms with Gasteiger partial charge in [0.2, 0.25) is 0 Å². The number of para-hydroxylation sites is 1. The summed E-state index contributed by atoms with van der Waals surface area (Å²) in [5.41, 5.74) is -1.74. The number of hydrogen-bond donors (Lipinski definition) is 2. The topological polar surface area (TPSA) is 55.8 Å². The van der Waals surface area contributed by atoms with Crippen molar-refractivity contribution in [1.82, 2.24) is 10.2 Å². The van der Waals surface area contributed by atoms with Crippen molar-refractivity contribution in [3.8, 4) is 0 Å². The number of rotatable bonds is 5. The Kier molecular flexibility index (Phi) is 5.58. The second kappa shape index (κ2) is 7.29. The van der Waals surface area contributed by atoms with Gasteiger partial charge in [-0.3, -0.25) is 0 Å². The zero-order valence-corrected chi connectivity index (χ0v) is 13.5. The SMILES string of the molecule is CN(CCCNC(=O)N1CC[C@@](O)(C(F)(F)F)C1)c1ccccc1. The maximum atomic E-state index is 12.7. The van der Waals surface area contributed by atoms with Gasteiger partial charge >= 0.3 is 12.2 Å². The number of hydrogen-bond acceptors (Lipinski definition) is 3. The lowest BCUT2D eigenvalue weighted by molar-refractivity contribution is -0.253. The molecule has 5 nitrogen and oxygen atoms in total. The number of aliphatic hydroxyl groups is 1. The molecule has 0 radical (unpaired) electrons. The highest BCUT2D eigenvalue weighted by atomic mass is 19.4. The maximum Gasteiger partial charge on any atom is 0.419 e. The van der Waals surface area contributed by atoms with Gasteiger partial charge in [0.05, 0.1) is 6.54 Å². The zero-order valence-electron chi connectivity index (χ0n) is 13.5. The van der Waals surface area contributed by atoms with Crippen molar-refractivity contribution in [2.45, 2.75) is 24.6 Å². The fraction of sp³-hybridized carbons (Fsp3) is 0.562. The number of carbonyl (C=O) groups is 1. The van der Waals surface area contributed by atoms with Crippen molar-refractivity contribution in [2.24, 2.45) is 0 Å². The molecule has 1 aliphatic heterocycles. The first-order valence-electron chi connectivity index (χ1n) is 7.81. The summed E-state index contributed by atoms with van der Waals surface area (Å²) in [4.78, 5) is 14.9. The molecule has 0 spiro atoms. The van der Waals surface area contributed by atoms with E-state index in [9.17, 15) is 23.1 Å². The van der Waals surface area contributed by atoms with E-state index in [4.69, 9.17) is 0 Å². The third kappa shape index (κ3) is 4.31. The molecule has 1 saturated heterocycles. The lowest BCUT2D eigenvalue weighted by atomic mass is 10.0. The number of β-amino-alcohol motifs (C(OH)–C–C–N with tert-alkyl or cyclic N) is 1. The number of benzene rings is 1. The first kappa shape index (κ1) is 18.4. The second-order valence-corrected chi connectivity index (χ2v) is 6.04. The van der Waals surface area contributed by atoms with E-state index < -0.39 is 30.8 Å². The molecule has 2 amide bonds. The number of anilines is 1. The average Bonchev–Trinajstić information content (AvgIpc) is 2.95. The van der Waals surface area contributed by atoms with Crippen LogP contribution < -0.4 is 10.2 Å². The summed E-state index contributed by atoms with van der Waals surface area (Å²) in [6.07, 6.45) is -4.55. The number of halogens is 3. The third-order valence-corrected chi connectivity index (χ3v) is 4.21. The van der Waals surface area contributed by atoms with Crippen LogP contribution in [0.4, 0.5) is 23.7 Å². The van der Waals surface area contributed by atoms with Crippen LogP contribution in [0.1, 0.15) is 12.8 Å². The Bertz CT molecular complexity index is 553. The Morgan fingerprint density at radius 1 is 1.38 bits per heavy atom. The van der Waals surface area contributed by atoms with E-state index in [-0.39, 0.29) is 6.54 Å². The van der Waals surface area contributed by atoms with Crippen LogP contribution in [-0.2, 0) is 0 Å². The van der Waals surface area contributed by atoms with Gasteiger partial charge in [-0.2, -0.15) is 13.2 Å². The predicted molar refractivity (Wildman–Crippen MR) is 84.9 cm³/mol. The van der Waals surface area contributed by atoms with Gasteiger partial charge in [-0.15, -0.1) is 0 Å². The zero-order chi connectivity index (χ0) is 17.8. The minimum Gasteiger partial charge on any atom is -0.379 e. The molecule has 1 aliphatic rings. The van der Waals surface area contributed by atoms with E-state index in [1.54, 1.807) is 0 Å². The lowest BCUT2D eigenvalue weighted by Gasteiger charge is -2.26. The van der Waals surface area contributed by atoms with Crippen LogP contribution in [0, 0.1) is 0 Å².